The lowest BCUT2D eigenvalue weighted by molar-refractivity contribution is 0.0550. The fourth-order valence-corrected chi connectivity index (χ4v) is 1.96. The van der Waals surface area contributed by atoms with Gasteiger partial charge in [-0.05, 0) is 30.3 Å². The van der Waals surface area contributed by atoms with E-state index < -0.39 is 23.1 Å². The number of esters is 2. The number of methoxy groups -OCH3 is 3. The van der Waals surface area contributed by atoms with Gasteiger partial charge < -0.3 is 18.6 Å². The second-order valence-electron chi connectivity index (χ2n) is 4.40. The molecule has 7 nitrogen and oxygen atoms in total. The highest BCUT2D eigenvalue weighted by molar-refractivity contribution is 6.03. The Hall–Kier alpha value is -3.09. The van der Waals surface area contributed by atoms with E-state index in [0.717, 1.165) is 14.2 Å². The fourth-order valence-electron chi connectivity index (χ4n) is 1.96. The Morgan fingerprint density at radius 1 is 0.957 bits per heavy atom. The first-order valence-corrected chi connectivity index (χ1v) is 6.51. The molecule has 0 N–H and O–H groups in total. The van der Waals surface area contributed by atoms with Crippen molar-refractivity contribution < 1.29 is 28.2 Å². The van der Waals surface area contributed by atoms with Crippen molar-refractivity contribution in [1.29, 1.82) is 0 Å². The molecule has 0 saturated heterocycles. The molecule has 1 aromatic carbocycles. The van der Waals surface area contributed by atoms with Gasteiger partial charge in [0.15, 0.2) is 5.56 Å². The number of carbonyl (C=O) groups is 2. The maximum atomic E-state index is 12.1. The van der Waals surface area contributed by atoms with E-state index in [4.69, 9.17) is 9.15 Å². The lowest BCUT2D eigenvalue weighted by Crippen LogP contribution is -2.22. The predicted molar refractivity (Wildman–Crippen MR) is 79.6 cm³/mol. The maximum absolute atomic E-state index is 12.1. The highest BCUT2D eigenvalue weighted by Gasteiger charge is 2.25. The summed E-state index contributed by atoms with van der Waals surface area (Å²) in [4.78, 5) is 35.6. The average molecular weight is 318 g/mol. The summed E-state index contributed by atoms with van der Waals surface area (Å²) in [6.07, 6.45) is 0. The van der Waals surface area contributed by atoms with E-state index in [2.05, 4.69) is 9.47 Å². The Balaban J connectivity index is 2.63. The van der Waals surface area contributed by atoms with Gasteiger partial charge in [0.1, 0.15) is 11.5 Å². The summed E-state index contributed by atoms with van der Waals surface area (Å²) in [5, 5.41) is 0. The molecular formula is C16H14O7. The van der Waals surface area contributed by atoms with Gasteiger partial charge in [-0.25, -0.2) is 14.4 Å². The molecule has 0 aliphatic rings. The summed E-state index contributed by atoms with van der Waals surface area (Å²) in [5.74, 6) is -1.07. The molecule has 0 amide bonds. The van der Waals surface area contributed by atoms with Crippen LogP contribution in [0, 0.1) is 0 Å². The number of hydrogen-bond acceptors (Lipinski definition) is 7. The molecule has 0 unspecified atom stereocenters. The molecule has 0 bridgehead atoms. The van der Waals surface area contributed by atoms with Crippen LogP contribution in [-0.2, 0) is 9.47 Å². The molecule has 0 atom stereocenters. The Bertz CT molecular complexity index is 787. The zero-order valence-electron chi connectivity index (χ0n) is 12.7. The van der Waals surface area contributed by atoms with Crippen molar-refractivity contribution in [2.24, 2.45) is 0 Å². The highest BCUT2D eigenvalue weighted by Crippen LogP contribution is 2.23. The number of benzene rings is 1. The van der Waals surface area contributed by atoms with E-state index in [1.165, 1.54) is 13.2 Å². The van der Waals surface area contributed by atoms with Crippen molar-refractivity contribution in [2.75, 3.05) is 21.3 Å². The number of hydrogen-bond donors (Lipinski definition) is 0. The molecule has 1 heterocycles. The van der Waals surface area contributed by atoms with Crippen LogP contribution in [0.1, 0.15) is 20.7 Å². The Labute approximate surface area is 131 Å². The molecule has 0 saturated carbocycles. The van der Waals surface area contributed by atoms with Crippen molar-refractivity contribution in [2.45, 2.75) is 0 Å². The third-order valence-electron chi connectivity index (χ3n) is 3.12. The van der Waals surface area contributed by atoms with Crippen LogP contribution in [0.3, 0.4) is 0 Å². The summed E-state index contributed by atoms with van der Waals surface area (Å²) in [6, 6.07) is 7.90. The van der Waals surface area contributed by atoms with Crippen molar-refractivity contribution in [1.82, 2.24) is 0 Å². The molecule has 0 aliphatic carbocycles. The lowest BCUT2D eigenvalue weighted by atomic mass is 10.1. The SMILES string of the molecule is COC(=O)c1cc(-c2ccc(OC)cc2)oc(=O)c1C(=O)OC. The van der Waals surface area contributed by atoms with Gasteiger partial charge in [0.05, 0.1) is 26.9 Å². The van der Waals surface area contributed by atoms with Gasteiger partial charge >= 0.3 is 17.6 Å². The summed E-state index contributed by atoms with van der Waals surface area (Å²) in [6.45, 7) is 0. The van der Waals surface area contributed by atoms with Crippen LogP contribution >= 0.6 is 0 Å². The van der Waals surface area contributed by atoms with Crippen molar-refractivity contribution in [3.05, 3.63) is 51.9 Å². The Kier molecular flexibility index (Phi) is 4.80. The van der Waals surface area contributed by atoms with Gasteiger partial charge in [0, 0.05) is 5.56 Å². The molecule has 23 heavy (non-hydrogen) atoms. The van der Waals surface area contributed by atoms with Gasteiger partial charge in [0.2, 0.25) is 0 Å². The quantitative estimate of drug-likeness (QED) is 0.795. The van der Waals surface area contributed by atoms with Gasteiger partial charge in [-0.15, -0.1) is 0 Å². The largest absolute Gasteiger partial charge is 0.497 e. The van der Waals surface area contributed by atoms with E-state index in [-0.39, 0.29) is 11.3 Å². The van der Waals surface area contributed by atoms with Gasteiger partial charge in [-0.2, -0.15) is 0 Å². The van der Waals surface area contributed by atoms with Crippen LogP contribution in [0.15, 0.2) is 39.5 Å². The smallest absolute Gasteiger partial charge is 0.351 e. The minimum absolute atomic E-state index is 0.116. The highest BCUT2D eigenvalue weighted by atomic mass is 16.5. The predicted octanol–water partition coefficient (Wildman–Crippen LogP) is 1.89. The molecular weight excluding hydrogens is 304 g/mol. The maximum Gasteiger partial charge on any atom is 0.351 e. The third kappa shape index (κ3) is 3.23. The normalized spacial score (nSPS) is 10.0. The zero-order valence-corrected chi connectivity index (χ0v) is 12.7. The second kappa shape index (κ2) is 6.78. The van der Waals surface area contributed by atoms with Crippen molar-refractivity contribution in [3.8, 4) is 17.1 Å². The lowest BCUT2D eigenvalue weighted by Gasteiger charge is -2.08. The second-order valence-corrected chi connectivity index (χ2v) is 4.40. The molecule has 2 rings (SSSR count). The molecule has 1 aromatic heterocycles. The van der Waals surface area contributed by atoms with Crippen LogP contribution in [0.25, 0.3) is 11.3 Å². The van der Waals surface area contributed by atoms with E-state index in [0.29, 0.717) is 11.3 Å². The van der Waals surface area contributed by atoms with Crippen LogP contribution in [0.4, 0.5) is 0 Å². The van der Waals surface area contributed by atoms with Crippen LogP contribution in [0.2, 0.25) is 0 Å². The first kappa shape index (κ1) is 16.3. The average Bonchev–Trinajstić information content (AvgIpc) is 2.59. The molecule has 120 valence electrons. The standard InChI is InChI=1S/C16H14O7/c1-20-10-6-4-9(5-7-10)12-8-11(14(17)21-2)13(15(18)22-3)16(19)23-12/h4-8H,1-3H3. The summed E-state index contributed by atoms with van der Waals surface area (Å²) < 4.78 is 19.3. The first-order valence-electron chi connectivity index (χ1n) is 6.51. The summed E-state index contributed by atoms with van der Waals surface area (Å²) in [7, 11) is 3.76. The molecule has 0 aliphatic heterocycles. The molecule has 7 heteroatoms. The third-order valence-corrected chi connectivity index (χ3v) is 3.12. The Morgan fingerprint density at radius 3 is 2.09 bits per heavy atom. The fraction of sp³-hybridized carbons (Fsp3) is 0.188. The van der Waals surface area contributed by atoms with Gasteiger partial charge in [0.25, 0.3) is 0 Å². The monoisotopic (exact) mass is 318 g/mol. The van der Waals surface area contributed by atoms with Crippen molar-refractivity contribution >= 4 is 11.9 Å². The minimum atomic E-state index is -0.981. The summed E-state index contributed by atoms with van der Waals surface area (Å²) in [5.41, 5.74) is -1.17. The zero-order chi connectivity index (χ0) is 17.0. The molecule has 0 spiro atoms. The molecule has 0 fully saturated rings. The topological polar surface area (TPSA) is 92.0 Å². The van der Waals surface area contributed by atoms with Crippen molar-refractivity contribution in [3.63, 3.8) is 0 Å². The van der Waals surface area contributed by atoms with E-state index in [1.807, 2.05) is 0 Å². The minimum Gasteiger partial charge on any atom is -0.497 e. The Morgan fingerprint density at radius 2 is 1.57 bits per heavy atom. The van der Waals surface area contributed by atoms with E-state index in [1.54, 1.807) is 24.3 Å². The van der Waals surface area contributed by atoms with Gasteiger partial charge in [-0.1, -0.05) is 0 Å². The molecule has 2 aromatic rings. The van der Waals surface area contributed by atoms with E-state index >= 15 is 0 Å². The number of carbonyl (C=O) groups excluding carboxylic acids is 2. The van der Waals surface area contributed by atoms with E-state index in [9.17, 15) is 14.4 Å². The molecule has 0 radical (unpaired) electrons. The van der Waals surface area contributed by atoms with Crippen LogP contribution in [0.5, 0.6) is 5.75 Å². The van der Waals surface area contributed by atoms with Gasteiger partial charge in [-0.3, -0.25) is 0 Å². The summed E-state index contributed by atoms with van der Waals surface area (Å²) >= 11 is 0. The van der Waals surface area contributed by atoms with Crippen LogP contribution in [-0.4, -0.2) is 33.3 Å². The number of rotatable bonds is 4. The first-order chi connectivity index (χ1) is 11.0. The van der Waals surface area contributed by atoms with Crippen LogP contribution < -0.4 is 10.4 Å². The number of ether oxygens (including phenoxy) is 3.